The number of rotatable bonds is 8. The molecule has 6 heteroatoms. The lowest BCUT2D eigenvalue weighted by atomic mass is 10.1. The summed E-state index contributed by atoms with van der Waals surface area (Å²) in [5.74, 6) is -0.192. The predicted octanol–water partition coefficient (Wildman–Crippen LogP) is 3.35. The summed E-state index contributed by atoms with van der Waals surface area (Å²) in [6.07, 6.45) is -3.85. The van der Waals surface area contributed by atoms with Crippen molar-refractivity contribution in [3.63, 3.8) is 0 Å². The molecule has 0 saturated carbocycles. The molecule has 0 bridgehead atoms. The van der Waals surface area contributed by atoms with E-state index in [0.717, 1.165) is 19.0 Å². The monoisotopic (exact) mass is 305 g/mol. The van der Waals surface area contributed by atoms with Crippen LogP contribution in [0.1, 0.15) is 37.8 Å². The van der Waals surface area contributed by atoms with Gasteiger partial charge in [0.05, 0.1) is 18.3 Å². The minimum Gasteiger partial charge on any atom is -0.493 e. The van der Waals surface area contributed by atoms with E-state index in [1.807, 2.05) is 6.92 Å². The Morgan fingerprint density at radius 1 is 1.33 bits per heavy atom. The fourth-order valence-corrected chi connectivity index (χ4v) is 1.78. The first-order valence-electron chi connectivity index (χ1n) is 7.06. The van der Waals surface area contributed by atoms with Crippen LogP contribution in [-0.2, 0) is 12.7 Å². The van der Waals surface area contributed by atoms with Crippen LogP contribution in [0.5, 0.6) is 5.75 Å². The summed E-state index contributed by atoms with van der Waals surface area (Å²) in [7, 11) is 0. The molecular formula is C15H22F3NO2. The largest absolute Gasteiger partial charge is 0.493 e. The van der Waals surface area contributed by atoms with Gasteiger partial charge in [-0.3, -0.25) is 0 Å². The molecule has 1 rings (SSSR count). The number of hydrogen-bond donors (Lipinski definition) is 2. The third kappa shape index (κ3) is 6.35. The Kier molecular flexibility index (Phi) is 6.98. The maximum absolute atomic E-state index is 13.1. The van der Waals surface area contributed by atoms with Gasteiger partial charge < -0.3 is 15.2 Å². The highest BCUT2D eigenvalue weighted by atomic mass is 19.4. The number of aliphatic hydroxyl groups is 1. The van der Waals surface area contributed by atoms with Crippen LogP contribution >= 0.6 is 0 Å². The number of benzene rings is 1. The maximum atomic E-state index is 13.1. The molecule has 1 unspecified atom stereocenters. The minimum absolute atomic E-state index is 0.0498. The molecular weight excluding hydrogens is 283 g/mol. The van der Waals surface area contributed by atoms with Crippen LogP contribution in [0.15, 0.2) is 18.2 Å². The molecule has 0 saturated heterocycles. The lowest BCUT2D eigenvalue weighted by Crippen LogP contribution is -2.16. The van der Waals surface area contributed by atoms with E-state index >= 15 is 0 Å². The van der Waals surface area contributed by atoms with Crippen molar-refractivity contribution in [1.82, 2.24) is 5.32 Å². The molecule has 120 valence electrons. The minimum atomic E-state index is -4.46. The van der Waals surface area contributed by atoms with Crippen molar-refractivity contribution < 1.29 is 23.0 Å². The lowest BCUT2D eigenvalue weighted by molar-refractivity contribution is -0.139. The van der Waals surface area contributed by atoms with E-state index in [1.54, 1.807) is 13.0 Å². The summed E-state index contributed by atoms with van der Waals surface area (Å²) in [5, 5.41) is 12.2. The molecule has 2 N–H and O–H groups in total. The van der Waals surface area contributed by atoms with E-state index in [2.05, 4.69) is 5.32 Å². The molecule has 3 nitrogen and oxygen atoms in total. The van der Waals surface area contributed by atoms with Crippen molar-refractivity contribution in [3.8, 4) is 5.75 Å². The van der Waals surface area contributed by atoms with Gasteiger partial charge >= 0.3 is 6.18 Å². The molecule has 0 fully saturated rings. The number of aliphatic hydroxyl groups excluding tert-OH is 1. The summed E-state index contributed by atoms with van der Waals surface area (Å²) in [5.41, 5.74) is -0.206. The fraction of sp³-hybridized carbons (Fsp3) is 0.600. The second-order valence-corrected chi connectivity index (χ2v) is 4.99. The number of alkyl halides is 3. The summed E-state index contributed by atoms with van der Waals surface area (Å²) in [4.78, 5) is 0. The molecule has 0 radical (unpaired) electrons. The van der Waals surface area contributed by atoms with Gasteiger partial charge in [-0.15, -0.1) is 0 Å². The first-order chi connectivity index (χ1) is 9.84. The molecule has 0 amide bonds. The molecule has 21 heavy (non-hydrogen) atoms. The Bertz CT molecular complexity index is 433. The van der Waals surface area contributed by atoms with E-state index in [1.165, 1.54) is 6.07 Å². The molecule has 0 spiro atoms. The molecule has 0 aliphatic heterocycles. The van der Waals surface area contributed by atoms with Crippen molar-refractivity contribution in [2.75, 3.05) is 13.2 Å². The predicted molar refractivity (Wildman–Crippen MR) is 75.2 cm³/mol. The number of ether oxygens (including phenoxy) is 1. The maximum Gasteiger partial charge on any atom is 0.419 e. The normalized spacial score (nSPS) is 13.2. The van der Waals surface area contributed by atoms with Crippen LogP contribution in [0, 0.1) is 0 Å². The summed E-state index contributed by atoms with van der Waals surface area (Å²) >= 11 is 0. The molecule has 1 aromatic rings. The van der Waals surface area contributed by atoms with Crippen molar-refractivity contribution in [2.45, 2.75) is 45.5 Å². The van der Waals surface area contributed by atoms with Gasteiger partial charge in [0, 0.05) is 13.0 Å². The highest BCUT2D eigenvalue weighted by Gasteiger charge is 2.34. The van der Waals surface area contributed by atoms with Crippen LogP contribution in [-0.4, -0.2) is 24.4 Å². The smallest absolute Gasteiger partial charge is 0.419 e. The molecule has 0 aromatic heterocycles. The van der Waals surface area contributed by atoms with E-state index in [-0.39, 0.29) is 18.8 Å². The van der Waals surface area contributed by atoms with Gasteiger partial charge in [-0.1, -0.05) is 13.0 Å². The Morgan fingerprint density at radius 3 is 2.62 bits per heavy atom. The van der Waals surface area contributed by atoms with E-state index < -0.39 is 17.8 Å². The van der Waals surface area contributed by atoms with Gasteiger partial charge in [-0.05, 0) is 37.6 Å². The number of hydrogen-bond acceptors (Lipinski definition) is 3. The van der Waals surface area contributed by atoms with Crippen LogP contribution in [0.2, 0.25) is 0 Å². The van der Waals surface area contributed by atoms with Crippen molar-refractivity contribution >= 4 is 0 Å². The SMILES string of the molecule is CCCNCc1ccc(OCCC(C)O)c(C(F)(F)F)c1. The van der Waals surface area contributed by atoms with Crippen molar-refractivity contribution in [1.29, 1.82) is 0 Å². The van der Waals surface area contributed by atoms with E-state index in [0.29, 0.717) is 12.1 Å². The van der Waals surface area contributed by atoms with Crippen molar-refractivity contribution in [3.05, 3.63) is 29.3 Å². The zero-order chi connectivity index (χ0) is 15.9. The standard InChI is InChI=1S/C15H22F3NO2/c1-3-7-19-10-12-4-5-14(21-8-6-11(2)20)13(9-12)15(16,17)18/h4-5,9,11,19-20H,3,6-8,10H2,1-2H3. The quantitative estimate of drug-likeness (QED) is 0.724. The molecule has 1 atom stereocenters. The van der Waals surface area contributed by atoms with Gasteiger partial charge in [0.15, 0.2) is 0 Å². The fourth-order valence-electron chi connectivity index (χ4n) is 1.78. The van der Waals surface area contributed by atoms with Gasteiger partial charge in [0.25, 0.3) is 0 Å². The van der Waals surface area contributed by atoms with Gasteiger partial charge in [-0.25, -0.2) is 0 Å². The lowest BCUT2D eigenvalue weighted by Gasteiger charge is -2.16. The van der Waals surface area contributed by atoms with E-state index in [9.17, 15) is 13.2 Å². The molecule has 0 heterocycles. The zero-order valence-electron chi connectivity index (χ0n) is 12.3. The third-order valence-electron chi connectivity index (χ3n) is 2.90. The molecule has 0 aliphatic carbocycles. The van der Waals surface area contributed by atoms with Crippen LogP contribution < -0.4 is 10.1 Å². The first kappa shape index (κ1) is 17.8. The highest BCUT2D eigenvalue weighted by molar-refractivity contribution is 5.39. The Morgan fingerprint density at radius 2 is 2.05 bits per heavy atom. The average molecular weight is 305 g/mol. The Balaban J connectivity index is 2.82. The van der Waals surface area contributed by atoms with E-state index in [4.69, 9.17) is 9.84 Å². The van der Waals surface area contributed by atoms with Gasteiger partial charge in [0.1, 0.15) is 5.75 Å². The van der Waals surface area contributed by atoms with Crippen molar-refractivity contribution in [2.24, 2.45) is 0 Å². The molecule has 0 aliphatic rings. The third-order valence-corrected chi connectivity index (χ3v) is 2.90. The summed E-state index contributed by atoms with van der Waals surface area (Å²) in [6, 6.07) is 4.07. The zero-order valence-corrected chi connectivity index (χ0v) is 12.3. The average Bonchev–Trinajstić information content (AvgIpc) is 2.38. The number of nitrogens with one attached hydrogen (secondary N) is 1. The first-order valence-corrected chi connectivity index (χ1v) is 7.06. The van der Waals surface area contributed by atoms with Crippen LogP contribution in [0.4, 0.5) is 13.2 Å². The highest BCUT2D eigenvalue weighted by Crippen LogP contribution is 2.37. The molecule has 1 aromatic carbocycles. The Hall–Kier alpha value is -1.27. The number of halogens is 3. The van der Waals surface area contributed by atoms with Gasteiger partial charge in [-0.2, -0.15) is 13.2 Å². The summed E-state index contributed by atoms with van der Waals surface area (Å²) < 4.78 is 44.3. The Labute approximate surface area is 123 Å². The van der Waals surface area contributed by atoms with Crippen LogP contribution in [0.3, 0.4) is 0 Å². The summed E-state index contributed by atoms with van der Waals surface area (Å²) in [6.45, 7) is 4.76. The second kappa shape index (κ2) is 8.24. The topological polar surface area (TPSA) is 41.5 Å². The van der Waals surface area contributed by atoms with Gasteiger partial charge in [0.2, 0.25) is 0 Å². The second-order valence-electron chi connectivity index (χ2n) is 4.99. The van der Waals surface area contributed by atoms with Crippen LogP contribution in [0.25, 0.3) is 0 Å².